The number of aromatic nitrogens is 2. The maximum absolute atomic E-state index is 12.7. The van der Waals surface area contributed by atoms with Crippen molar-refractivity contribution < 1.29 is 4.79 Å². The second-order valence-electron chi connectivity index (χ2n) is 6.93. The molecule has 0 aromatic carbocycles. The Bertz CT molecular complexity index is 896. The highest BCUT2D eigenvalue weighted by molar-refractivity contribution is 7.20. The number of nitrogens with zero attached hydrogens (tertiary/aromatic N) is 4. The number of rotatable bonds is 4. The molecule has 0 radical (unpaired) electrons. The van der Waals surface area contributed by atoms with E-state index in [1.165, 1.54) is 16.9 Å². The highest BCUT2D eigenvalue weighted by Gasteiger charge is 2.29. The van der Waals surface area contributed by atoms with Crippen LogP contribution in [0.15, 0.2) is 29.2 Å². The summed E-state index contributed by atoms with van der Waals surface area (Å²) in [5.41, 5.74) is 4.26. The summed E-state index contributed by atoms with van der Waals surface area (Å²) in [4.78, 5) is 27.6. The summed E-state index contributed by atoms with van der Waals surface area (Å²) in [6.45, 7) is 3.00. The quantitative estimate of drug-likeness (QED) is 0.684. The summed E-state index contributed by atoms with van der Waals surface area (Å²) in [7, 11) is 3.64. The normalized spacial score (nSPS) is 16.2. The molecule has 4 heterocycles. The van der Waals surface area contributed by atoms with Crippen LogP contribution in [-0.2, 0) is 6.54 Å². The minimum atomic E-state index is 0.0907. The predicted octanol–water partition coefficient (Wildman–Crippen LogP) is 3.83. The highest BCUT2D eigenvalue weighted by atomic mass is 32.1. The summed E-state index contributed by atoms with van der Waals surface area (Å²) < 4.78 is 0. The third-order valence-corrected chi connectivity index (χ3v) is 6.72. The van der Waals surface area contributed by atoms with Crippen LogP contribution in [0.2, 0.25) is 0 Å². The first-order valence-corrected chi connectivity index (χ1v) is 10.6. The summed E-state index contributed by atoms with van der Waals surface area (Å²) in [6, 6.07) is 4.09. The second-order valence-corrected chi connectivity index (χ2v) is 8.65. The molecule has 0 saturated carbocycles. The van der Waals surface area contributed by atoms with Crippen molar-refractivity contribution in [2.45, 2.75) is 25.3 Å². The number of hydrogen-bond donors (Lipinski definition) is 0. The number of hydrogen-bond acceptors (Lipinski definition) is 6. The van der Waals surface area contributed by atoms with Crippen molar-refractivity contribution in [2.75, 3.05) is 27.2 Å². The Morgan fingerprint density at radius 3 is 2.81 bits per heavy atom. The average Bonchev–Trinajstić information content (AvgIpc) is 3.29. The molecule has 7 heteroatoms. The minimum Gasteiger partial charge on any atom is -0.344 e. The minimum absolute atomic E-state index is 0.0907. The smallest absolute Gasteiger partial charge is 0.263 e. The van der Waals surface area contributed by atoms with E-state index in [-0.39, 0.29) is 5.91 Å². The van der Waals surface area contributed by atoms with Gasteiger partial charge in [0.1, 0.15) is 4.83 Å². The largest absolute Gasteiger partial charge is 0.344 e. The predicted molar refractivity (Wildman–Crippen MR) is 107 cm³/mol. The lowest BCUT2D eigenvalue weighted by atomic mass is 9.87. The van der Waals surface area contributed by atoms with E-state index < -0.39 is 0 Å². The Kier molecular flexibility index (Phi) is 5.02. The number of fused-ring (bicyclic) bond motifs is 1. The third-order valence-electron chi connectivity index (χ3n) is 4.97. The molecule has 0 spiro atoms. The van der Waals surface area contributed by atoms with Crippen LogP contribution in [0.1, 0.15) is 39.7 Å². The molecule has 0 atom stereocenters. The van der Waals surface area contributed by atoms with Crippen LogP contribution >= 0.6 is 22.7 Å². The topological polar surface area (TPSA) is 49.3 Å². The van der Waals surface area contributed by atoms with Crippen molar-refractivity contribution in [3.8, 4) is 0 Å². The van der Waals surface area contributed by atoms with Gasteiger partial charge in [-0.2, -0.15) is 0 Å². The molecule has 1 aliphatic heterocycles. The van der Waals surface area contributed by atoms with Gasteiger partial charge in [0.15, 0.2) is 0 Å². The SMILES string of the molecule is CN(C)C(=O)c1sc2ncccc2c1C1CCN(Cc2cscn2)CC1. The molecule has 4 rings (SSSR count). The fourth-order valence-corrected chi connectivity index (χ4v) is 5.44. The zero-order valence-corrected chi connectivity index (χ0v) is 16.6. The molecule has 3 aromatic rings. The summed E-state index contributed by atoms with van der Waals surface area (Å²) in [6.07, 6.45) is 3.94. The van der Waals surface area contributed by atoms with E-state index >= 15 is 0 Å². The molecule has 0 bridgehead atoms. The van der Waals surface area contributed by atoms with Gasteiger partial charge in [0.2, 0.25) is 0 Å². The monoisotopic (exact) mass is 386 g/mol. The molecule has 1 fully saturated rings. The number of piperidine rings is 1. The van der Waals surface area contributed by atoms with Gasteiger partial charge in [-0.3, -0.25) is 9.69 Å². The molecule has 0 N–H and O–H groups in total. The van der Waals surface area contributed by atoms with Gasteiger partial charge in [0.05, 0.1) is 16.1 Å². The first-order chi connectivity index (χ1) is 12.6. The molecular formula is C19H22N4OS2. The Hall–Kier alpha value is -1.83. The molecule has 1 amide bonds. The van der Waals surface area contributed by atoms with Gasteiger partial charge in [-0.1, -0.05) is 6.07 Å². The van der Waals surface area contributed by atoms with Crippen molar-refractivity contribution in [3.05, 3.63) is 45.4 Å². The Morgan fingerprint density at radius 1 is 1.31 bits per heavy atom. The average molecular weight is 387 g/mol. The van der Waals surface area contributed by atoms with Crippen LogP contribution in [0.3, 0.4) is 0 Å². The van der Waals surface area contributed by atoms with Crippen LogP contribution in [0.4, 0.5) is 0 Å². The summed E-state index contributed by atoms with van der Waals surface area (Å²) in [5.74, 6) is 0.506. The van der Waals surface area contributed by atoms with E-state index in [2.05, 4.69) is 26.3 Å². The van der Waals surface area contributed by atoms with Crippen molar-refractivity contribution in [3.63, 3.8) is 0 Å². The standard InChI is InChI=1S/C19H22N4OS2/c1-22(2)19(24)17-16(15-4-3-7-20-18(15)26-17)13-5-8-23(9-6-13)10-14-11-25-12-21-14/h3-4,7,11-13H,5-6,8-10H2,1-2H3. The van der Waals surface area contributed by atoms with Crippen molar-refractivity contribution in [1.82, 2.24) is 19.8 Å². The fourth-order valence-electron chi connectivity index (χ4n) is 3.64. The first kappa shape index (κ1) is 17.6. The van der Waals surface area contributed by atoms with Crippen LogP contribution in [0.5, 0.6) is 0 Å². The molecule has 136 valence electrons. The summed E-state index contributed by atoms with van der Waals surface area (Å²) >= 11 is 3.18. The first-order valence-electron chi connectivity index (χ1n) is 8.82. The Morgan fingerprint density at radius 2 is 2.12 bits per heavy atom. The van der Waals surface area contributed by atoms with E-state index in [1.807, 2.05) is 31.9 Å². The van der Waals surface area contributed by atoms with Crippen LogP contribution in [0, 0.1) is 0 Å². The van der Waals surface area contributed by atoms with E-state index in [9.17, 15) is 4.79 Å². The number of carbonyl (C=O) groups excluding carboxylic acids is 1. The molecule has 26 heavy (non-hydrogen) atoms. The number of carbonyl (C=O) groups is 1. The highest BCUT2D eigenvalue weighted by Crippen LogP contribution is 2.40. The van der Waals surface area contributed by atoms with Crippen LogP contribution in [-0.4, -0.2) is 52.9 Å². The molecule has 5 nitrogen and oxygen atoms in total. The number of thiazole rings is 1. The fraction of sp³-hybridized carbons (Fsp3) is 0.421. The molecule has 0 aliphatic carbocycles. The number of amides is 1. The van der Waals surface area contributed by atoms with Gasteiger partial charge in [-0.25, -0.2) is 9.97 Å². The number of pyridine rings is 1. The van der Waals surface area contributed by atoms with Crippen molar-refractivity contribution in [1.29, 1.82) is 0 Å². The van der Waals surface area contributed by atoms with E-state index in [4.69, 9.17) is 0 Å². The molecular weight excluding hydrogens is 364 g/mol. The lowest BCUT2D eigenvalue weighted by Gasteiger charge is -2.32. The maximum Gasteiger partial charge on any atom is 0.263 e. The van der Waals surface area contributed by atoms with Gasteiger partial charge in [0.25, 0.3) is 5.91 Å². The van der Waals surface area contributed by atoms with Crippen LogP contribution < -0.4 is 0 Å². The van der Waals surface area contributed by atoms with E-state index in [0.717, 1.165) is 53.3 Å². The Labute approximate surface area is 161 Å². The molecule has 0 unspecified atom stereocenters. The van der Waals surface area contributed by atoms with Gasteiger partial charge < -0.3 is 4.90 Å². The molecule has 1 saturated heterocycles. The molecule has 1 aliphatic rings. The van der Waals surface area contributed by atoms with Gasteiger partial charge >= 0.3 is 0 Å². The lowest BCUT2D eigenvalue weighted by Crippen LogP contribution is -2.33. The van der Waals surface area contributed by atoms with E-state index in [0.29, 0.717) is 5.92 Å². The molecule has 3 aromatic heterocycles. The van der Waals surface area contributed by atoms with Crippen LogP contribution in [0.25, 0.3) is 10.2 Å². The Balaban J connectivity index is 1.58. The number of thiophene rings is 1. The van der Waals surface area contributed by atoms with Crippen molar-refractivity contribution in [2.24, 2.45) is 0 Å². The zero-order chi connectivity index (χ0) is 18.1. The summed E-state index contributed by atoms with van der Waals surface area (Å²) in [5, 5.41) is 3.28. The third kappa shape index (κ3) is 3.39. The second kappa shape index (κ2) is 7.42. The van der Waals surface area contributed by atoms with Crippen molar-refractivity contribution >= 4 is 38.8 Å². The van der Waals surface area contributed by atoms with Gasteiger partial charge in [-0.15, -0.1) is 22.7 Å². The van der Waals surface area contributed by atoms with E-state index in [1.54, 1.807) is 16.2 Å². The maximum atomic E-state index is 12.7. The van der Waals surface area contributed by atoms with Gasteiger partial charge in [0, 0.05) is 37.6 Å². The zero-order valence-electron chi connectivity index (χ0n) is 15.0. The number of likely N-dealkylation sites (tertiary alicyclic amines) is 1. The lowest BCUT2D eigenvalue weighted by molar-refractivity contribution is 0.0830. The van der Waals surface area contributed by atoms with Gasteiger partial charge in [-0.05, 0) is 43.5 Å².